The first kappa shape index (κ1) is 16.9. The van der Waals surface area contributed by atoms with E-state index in [0.717, 1.165) is 37.3 Å². The van der Waals surface area contributed by atoms with E-state index in [1.165, 1.54) is 5.56 Å². The summed E-state index contributed by atoms with van der Waals surface area (Å²) < 4.78 is 1.78. The largest absolute Gasteiger partial charge is 0.480 e. The zero-order valence-corrected chi connectivity index (χ0v) is 14.6. The van der Waals surface area contributed by atoms with E-state index in [1.54, 1.807) is 4.68 Å². The van der Waals surface area contributed by atoms with Gasteiger partial charge in [0.05, 0.1) is 12.2 Å². The lowest BCUT2D eigenvalue weighted by Gasteiger charge is -2.22. The van der Waals surface area contributed by atoms with Crippen molar-refractivity contribution in [2.45, 2.75) is 31.5 Å². The zero-order chi connectivity index (χ0) is 17.9. The van der Waals surface area contributed by atoms with Gasteiger partial charge in [0.25, 0.3) is 0 Å². The molecular weight excluding hydrogens is 330 g/mol. The molecule has 0 bridgehead atoms. The van der Waals surface area contributed by atoms with Gasteiger partial charge in [-0.3, -0.25) is 9.69 Å². The highest BCUT2D eigenvalue weighted by Gasteiger charge is 2.30. The molecule has 1 aromatic carbocycles. The summed E-state index contributed by atoms with van der Waals surface area (Å²) in [7, 11) is 0. The van der Waals surface area contributed by atoms with Crippen LogP contribution in [0.4, 0.5) is 0 Å². The minimum atomic E-state index is -0.812. The van der Waals surface area contributed by atoms with Crippen molar-refractivity contribution in [2.24, 2.45) is 0 Å². The van der Waals surface area contributed by atoms with Gasteiger partial charge in [-0.25, -0.2) is 4.68 Å². The maximum absolute atomic E-state index is 11.1. The molecule has 3 heterocycles. The molecule has 4 rings (SSSR count). The molecule has 136 valence electrons. The van der Waals surface area contributed by atoms with E-state index >= 15 is 0 Å². The van der Waals surface area contributed by atoms with Gasteiger partial charge < -0.3 is 10.4 Å². The Kier molecular flexibility index (Phi) is 4.81. The van der Waals surface area contributed by atoms with Crippen LogP contribution in [0.3, 0.4) is 0 Å². The molecule has 0 unspecified atom stereocenters. The normalized spacial score (nSPS) is 23.4. The molecule has 2 atom stereocenters. The molecule has 0 aliphatic carbocycles. The molecule has 0 amide bonds. The number of carboxylic acid groups (broad SMARTS) is 1. The average Bonchev–Trinajstić information content (AvgIpc) is 3.33. The van der Waals surface area contributed by atoms with Crippen molar-refractivity contribution in [2.75, 3.05) is 19.6 Å². The van der Waals surface area contributed by atoms with E-state index in [2.05, 4.69) is 56.9 Å². The summed E-state index contributed by atoms with van der Waals surface area (Å²) in [6.45, 7) is 3.69. The number of carboxylic acids is 1. The summed E-state index contributed by atoms with van der Waals surface area (Å²) in [5, 5.41) is 20.6. The molecule has 2 aromatic rings. The van der Waals surface area contributed by atoms with E-state index in [9.17, 15) is 4.79 Å². The van der Waals surface area contributed by atoms with E-state index < -0.39 is 12.0 Å². The molecule has 1 aromatic heterocycles. The van der Waals surface area contributed by atoms with Gasteiger partial charge in [-0.05, 0) is 18.4 Å². The fraction of sp³-hybridized carbons (Fsp3) is 0.421. The highest BCUT2D eigenvalue weighted by molar-refractivity contribution is 5.73. The van der Waals surface area contributed by atoms with Gasteiger partial charge in [-0.1, -0.05) is 41.6 Å². The van der Waals surface area contributed by atoms with Crippen LogP contribution < -0.4 is 5.32 Å². The van der Waals surface area contributed by atoms with Crippen molar-refractivity contribution in [3.63, 3.8) is 0 Å². The van der Waals surface area contributed by atoms with Crippen molar-refractivity contribution in [1.29, 1.82) is 0 Å². The number of carbonyl (C=O) groups is 1. The molecule has 7 heteroatoms. The molecule has 0 radical (unpaired) electrons. The van der Waals surface area contributed by atoms with Crippen LogP contribution in [0.1, 0.15) is 24.4 Å². The lowest BCUT2D eigenvalue weighted by Crippen LogP contribution is -2.29. The van der Waals surface area contributed by atoms with Crippen molar-refractivity contribution < 1.29 is 9.90 Å². The van der Waals surface area contributed by atoms with Crippen LogP contribution >= 0.6 is 0 Å². The number of nitrogens with zero attached hydrogens (tertiary/aromatic N) is 4. The van der Waals surface area contributed by atoms with Gasteiger partial charge >= 0.3 is 5.97 Å². The van der Waals surface area contributed by atoms with Crippen LogP contribution in [0.15, 0.2) is 42.6 Å². The standard InChI is InChI=1S/C19H23N5O2/c25-19(26)17-10-16(11-20-17)24-13-18(21-22-24)15-6-4-14(5-7-15)12-23-8-2-1-3-9-23/h1-2,4-7,13,16-17,20H,3,8-12H2,(H,25,26)/t16-,17-/m0/s1. The minimum absolute atomic E-state index is 0.0313. The van der Waals surface area contributed by atoms with Gasteiger partial charge in [0.15, 0.2) is 0 Å². The smallest absolute Gasteiger partial charge is 0.320 e. The highest BCUT2D eigenvalue weighted by atomic mass is 16.4. The summed E-state index contributed by atoms with van der Waals surface area (Å²) in [6, 6.07) is 7.97. The van der Waals surface area contributed by atoms with Crippen LogP contribution in [0.5, 0.6) is 0 Å². The summed E-state index contributed by atoms with van der Waals surface area (Å²) >= 11 is 0. The first-order valence-electron chi connectivity index (χ1n) is 9.04. The van der Waals surface area contributed by atoms with Crippen molar-refractivity contribution in [3.8, 4) is 11.3 Å². The second-order valence-corrected chi connectivity index (χ2v) is 6.96. The fourth-order valence-electron chi connectivity index (χ4n) is 3.57. The molecule has 2 aliphatic rings. The molecule has 2 N–H and O–H groups in total. The van der Waals surface area contributed by atoms with Crippen molar-refractivity contribution in [1.82, 2.24) is 25.2 Å². The predicted octanol–water partition coefficient (Wildman–Crippen LogP) is 1.69. The number of nitrogens with one attached hydrogen (secondary N) is 1. The number of hydrogen-bond donors (Lipinski definition) is 2. The number of benzene rings is 1. The molecule has 26 heavy (non-hydrogen) atoms. The van der Waals surface area contributed by atoms with Crippen LogP contribution in [0.2, 0.25) is 0 Å². The lowest BCUT2D eigenvalue weighted by molar-refractivity contribution is -0.139. The zero-order valence-electron chi connectivity index (χ0n) is 14.6. The predicted molar refractivity (Wildman–Crippen MR) is 97.6 cm³/mol. The number of aliphatic carboxylic acids is 1. The van der Waals surface area contributed by atoms with Crippen molar-refractivity contribution >= 4 is 5.97 Å². The lowest BCUT2D eigenvalue weighted by atomic mass is 10.1. The summed E-state index contributed by atoms with van der Waals surface area (Å²) in [4.78, 5) is 13.5. The highest BCUT2D eigenvalue weighted by Crippen LogP contribution is 2.23. The van der Waals surface area contributed by atoms with Crippen LogP contribution in [-0.2, 0) is 11.3 Å². The third kappa shape index (κ3) is 3.68. The minimum Gasteiger partial charge on any atom is -0.480 e. The Morgan fingerprint density at radius 3 is 2.81 bits per heavy atom. The molecule has 2 aliphatic heterocycles. The first-order chi connectivity index (χ1) is 12.7. The van der Waals surface area contributed by atoms with Gasteiger partial charge in [-0.2, -0.15) is 0 Å². The third-order valence-corrected chi connectivity index (χ3v) is 5.09. The molecule has 7 nitrogen and oxygen atoms in total. The Morgan fingerprint density at radius 1 is 1.27 bits per heavy atom. The number of rotatable bonds is 5. The van der Waals surface area contributed by atoms with Gasteiger partial charge in [-0.15, -0.1) is 5.10 Å². The van der Waals surface area contributed by atoms with Crippen molar-refractivity contribution in [3.05, 3.63) is 48.2 Å². The molecule has 1 saturated heterocycles. The van der Waals surface area contributed by atoms with Crippen LogP contribution in [0, 0.1) is 0 Å². The van der Waals surface area contributed by atoms with Crippen LogP contribution in [-0.4, -0.2) is 56.6 Å². The second kappa shape index (κ2) is 7.39. The van der Waals surface area contributed by atoms with E-state index in [-0.39, 0.29) is 6.04 Å². The SMILES string of the molecule is O=C(O)[C@@H]1C[C@H](n2cc(-c3ccc(CN4CC=CCC4)cc3)nn2)CN1. The third-order valence-electron chi connectivity index (χ3n) is 5.09. The number of aromatic nitrogens is 3. The second-order valence-electron chi connectivity index (χ2n) is 6.96. The maximum Gasteiger partial charge on any atom is 0.320 e. The monoisotopic (exact) mass is 353 g/mol. The van der Waals surface area contributed by atoms with E-state index in [4.69, 9.17) is 5.11 Å². The van der Waals surface area contributed by atoms with Crippen LogP contribution in [0.25, 0.3) is 11.3 Å². The Balaban J connectivity index is 1.41. The Hall–Kier alpha value is -2.51. The topological polar surface area (TPSA) is 83.3 Å². The van der Waals surface area contributed by atoms with Gasteiger partial charge in [0.2, 0.25) is 0 Å². The first-order valence-corrected chi connectivity index (χ1v) is 9.04. The number of hydrogen-bond acceptors (Lipinski definition) is 5. The Morgan fingerprint density at radius 2 is 2.12 bits per heavy atom. The summed E-state index contributed by atoms with van der Waals surface area (Å²) in [5.41, 5.74) is 3.14. The Labute approximate surface area is 152 Å². The van der Waals surface area contributed by atoms with Gasteiger partial charge in [0.1, 0.15) is 11.7 Å². The van der Waals surface area contributed by atoms with Gasteiger partial charge in [0, 0.05) is 31.7 Å². The molecule has 1 fully saturated rings. The Bertz CT molecular complexity index is 799. The molecule has 0 saturated carbocycles. The fourth-order valence-corrected chi connectivity index (χ4v) is 3.57. The molecular formula is C19H23N5O2. The average molecular weight is 353 g/mol. The van der Waals surface area contributed by atoms with E-state index in [0.29, 0.717) is 13.0 Å². The molecule has 0 spiro atoms. The summed E-state index contributed by atoms with van der Waals surface area (Å²) in [6.07, 6.45) is 8.02. The quantitative estimate of drug-likeness (QED) is 0.796. The van der Waals surface area contributed by atoms with E-state index in [1.807, 2.05) is 6.20 Å². The maximum atomic E-state index is 11.1. The summed E-state index contributed by atoms with van der Waals surface area (Å²) in [5.74, 6) is -0.812.